The number of amides is 1. The third-order valence-corrected chi connectivity index (χ3v) is 4.45. The Morgan fingerprint density at radius 2 is 1.67 bits per heavy atom. The Bertz CT molecular complexity index is 1050. The van der Waals surface area contributed by atoms with Gasteiger partial charge in [-0.25, -0.2) is 0 Å². The molecule has 0 spiro atoms. The first-order valence-corrected chi connectivity index (χ1v) is 9.53. The highest BCUT2D eigenvalue weighted by molar-refractivity contribution is 5.96. The third-order valence-electron chi connectivity index (χ3n) is 4.45. The van der Waals surface area contributed by atoms with Gasteiger partial charge in [0.1, 0.15) is 17.2 Å². The second-order valence-electron chi connectivity index (χ2n) is 7.12. The van der Waals surface area contributed by atoms with E-state index in [1.54, 1.807) is 49.1 Å². The molecule has 2 aromatic carbocycles. The van der Waals surface area contributed by atoms with E-state index in [9.17, 15) is 9.90 Å². The van der Waals surface area contributed by atoms with E-state index in [4.69, 9.17) is 14.2 Å². The van der Waals surface area contributed by atoms with Crippen LogP contribution in [0.15, 0.2) is 52.7 Å². The van der Waals surface area contributed by atoms with Crippen LogP contribution in [-0.4, -0.2) is 36.4 Å². The molecule has 8 nitrogen and oxygen atoms in total. The summed E-state index contributed by atoms with van der Waals surface area (Å²) in [6, 6.07) is 12.3. The van der Waals surface area contributed by atoms with Gasteiger partial charge in [0, 0.05) is 11.9 Å². The molecule has 1 N–H and O–H groups in total. The number of rotatable bonds is 8. The summed E-state index contributed by atoms with van der Waals surface area (Å²) < 4.78 is 17.5. The fraction of sp³-hybridized carbons (Fsp3) is 0.318. The average molecular weight is 411 g/mol. The van der Waals surface area contributed by atoms with Crippen LogP contribution in [0.5, 0.6) is 23.1 Å². The van der Waals surface area contributed by atoms with Gasteiger partial charge < -0.3 is 23.9 Å². The predicted octanol–water partition coefficient (Wildman–Crippen LogP) is 4.71. The molecule has 158 valence electrons. The van der Waals surface area contributed by atoms with E-state index in [1.165, 1.54) is 0 Å². The molecule has 8 heteroatoms. The molecule has 0 saturated heterocycles. The van der Waals surface area contributed by atoms with Crippen LogP contribution >= 0.6 is 0 Å². The van der Waals surface area contributed by atoms with Crippen molar-refractivity contribution < 1.29 is 24.1 Å². The number of benzene rings is 2. The minimum Gasteiger partial charge on any atom is -0.497 e. The standard InChI is InChI=1S/C22H25N3O5/c1-14(2)12-25-19-10-9-17(29-4)11-18(19)21(22(25)27)24-23-20(26)13-30-16-7-5-15(28-3)6-8-16/h5-11,14,27H,12-13H2,1-4H3. The number of hydrogen-bond donors (Lipinski definition) is 1. The van der Waals surface area contributed by atoms with E-state index in [0.29, 0.717) is 35.1 Å². The molecule has 0 aliphatic rings. The molecule has 0 aliphatic carbocycles. The van der Waals surface area contributed by atoms with Gasteiger partial charge in [-0.3, -0.25) is 4.79 Å². The normalized spacial score (nSPS) is 11.4. The predicted molar refractivity (Wildman–Crippen MR) is 113 cm³/mol. The van der Waals surface area contributed by atoms with Crippen molar-refractivity contribution in [3.63, 3.8) is 0 Å². The topological polar surface area (TPSA) is 94.6 Å². The maximum absolute atomic E-state index is 12.1. The lowest BCUT2D eigenvalue weighted by Crippen LogP contribution is -2.07. The lowest BCUT2D eigenvalue weighted by atomic mass is 10.2. The molecule has 3 aromatic rings. The Kier molecular flexibility index (Phi) is 6.56. The summed E-state index contributed by atoms with van der Waals surface area (Å²) in [7, 11) is 3.14. The lowest BCUT2D eigenvalue weighted by molar-refractivity contribution is -0.120. The van der Waals surface area contributed by atoms with E-state index in [-0.39, 0.29) is 18.2 Å². The molecule has 0 fully saturated rings. The van der Waals surface area contributed by atoms with Gasteiger partial charge in [-0.15, -0.1) is 10.2 Å². The van der Waals surface area contributed by atoms with E-state index in [2.05, 4.69) is 24.1 Å². The van der Waals surface area contributed by atoms with Crippen molar-refractivity contribution in [3.8, 4) is 23.1 Å². The summed E-state index contributed by atoms with van der Waals surface area (Å²) in [5, 5.41) is 19.1. The number of carbonyl (C=O) groups is 1. The summed E-state index contributed by atoms with van der Waals surface area (Å²) in [4.78, 5) is 12.1. The fourth-order valence-corrected chi connectivity index (χ4v) is 3.03. The third kappa shape index (κ3) is 4.71. The molecule has 0 radical (unpaired) electrons. The summed E-state index contributed by atoms with van der Waals surface area (Å²) in [5.41, 5.74) is 1.01. The van der Waals surface area contributed by atoms with Gasteiger partial charge in [0.2, 0.25) is 5.88 Å². The van der Waals surface area contributed by atoms with Crippen molar-refractivity contribution in [2.75, 3.05) is 20.8 Å². The van der Waals surface area contributed by atoms with Gasteiger partial charge >= 0.3 is 5.91 Å². The molecular formula is C22H25N3O5. The second kappa shape index (κ2) is 9.30. The van der Waals surface area contributed by atoms with Crippen molar-refractivity contribution in [3.05, 3.63) is 42.5 Å². The Labute approximate surface area is 174 Å². The van der Waals surface area contributed by atoms with Gasteiger partial charge in [0.05, 0.1) is 19.7 Å². The zero-order valence-corrected chi connectivity index (χ0v) is 17.5. The Morgan fingerprint density at radius 3 is 2.30 bits per heavy atom. The highest BCUT2D eigenvalue weighted by Crippen LogP contribution is 2.40. The van der Waals surface area contributed by atoms with Gasteiger partial charge in [0.15, 0.2) is 12.3 Å². The maximum Gasteiger partial charge on any atom is 0.302 e. The molecule has 0 saturated carbocycles. The number of nitrogens with zero attached hydrogens (tertiary/aromatic N) is 3. The molecule has 0 bridgehead atoms. The summed E-state index contributed by atoms with van der Waals surface area (Å²) in [5.74, 6) is 1.52. The summed E-state index contributed by atoms with van der Waals surface area (Å²) >= 11 is 0. The highest BCUT2D eigenvalue weighted by Gasteiger charge is 2.18. The number of hydrogen-bond acceptors (Lipinski definition) is 6. The summed E-state index contributed by atoms with van der Waals surface area (Å²) in [6.07, 6.45) is 0. The molecule has 30 heavy (non-hydrogen) atoms. The lowest BCUT2D eigenvalue weighted by Gasteiger charge is -2.09. The van der Waals surface area contributed by atoms with Crippen LogP contribution < -0.4 is 14.2 Å². The number of ether oxygens (including phenoxy) is 3. The largest absolute Gasteiger partial charge is 0.497 e. The smallest absolute Gasteiger partial charge is 0.302 e. The number of methoxy groups -OCH3 is 2. The monoisotopic (exact) mass is 411 g/mol. The molecule has 0 aliphatic heterocycles. The highest BCUT2D eigenvalue weighted by atomic mass is 16.5. The van der Waals surface area contributed by atoms with Gasteiger partial charge in [0.25, 0.3) is 0 Å². The van der Waals surface area contributed by atoms with Gasteiger partial charge in [-0.05, 0) is 48.4 Å². The second-order valence-corrected chi connectivity index (χ2v) is 7.12. The minimum atomic E-state index is -0.571. The fourth-order valence-electron chi connectivity index (χ4n) is 3.03. The van der Waals surface area contributed by atoms with Crippen molar-refractivity contribution >= 4 is 22.5 Å². The zero-order valence-electron chi connectivity index (χ0n) is 17.5. The van der Waals surface area contributed by atoms with Crippen LogP contribution in [0.4, 0.5) is 5.69 Å². The van der Waals surface area contributed by atoms with E-state index in [1.807, 2.05) is 12.1 Å². The zero-order chi connectivity index (χ0) is 21.7. The maximum atomic E-state index is 12.1. The van der Waals surface area contributed by atoms with Crippen molar-refractivity contribution in [2.24, 2.45) is 16.1 Å². The minimum absolute atomic E-state index is 0.0421. The molecule has 1 amide bonds. The number of aromatic nitrogens is 1. The van der Waals surface area contributed by atoms with Crippen molar-refractivity contribution in [1.82, 2.24) is 4.57 Å². The van der Waals surface area contributed by atoms with Crippen LogP contribution in [0.1, 0.15) is 13.8 Å². The first kappa shape index (κ1) is 21.2. The quantitative estimate of drug-likeness (QED) is 0.542. The van der Waals surface area contributed by atoms with Crippen LogP contribution in [0.2, 0.25) is 0 Å². The number of aromatic hydroxyl groups is 1. The molecular weight excluding hydrogens is 386 g/mol. The van der Waals surface area contributed by atoms with Crippen LogP contribution in [-0.2, 0) is 11.3 Å². The van der Waals surface area contributed by atoms with E-state index < -0.39 is 5.91 Å². The van der Waals surface area contributed by atoms with Crippen LogP contribution in [0, 0.1) is 5.92 Å². The first-order chi connectivity index (χ1) is 14.4. The first-order valence-electron chi connectivity index (χ1n) is 9.53. The molecule has 0 atom stereocenters. The summed E-state index contributed by atoms with van der Waals surface area (Å²) in [6.45, 7) is 4.43. The molecule has 1 heterocycles. The number of fused-ring (bicyclic) bond motifs is 1. The molecule has 1 aromatic heterocycles. The van der Waals surface area contributed by atoms with Crippen LogP contribution in [0.25, 0.3) is 10.9 Å². The molecule has 0 unspecified atom stereocenters. The van der Waals surface area contributed by atoms with Gasteiger partial charge in [-0.2, -0.15) is 0 Å². The van der Waals surface area contributed by atoms with E-state index in [0.717, 1.165) is 5.52 Å². The average Bonchev–Trinajstić information content (AvgIpc) is 3.00. The van der Waals surface area contributed by atoms with Gasteiger partial charge in [-0.1, -0.05) is 13.8 Å². The van der Waals surface area contributed by atoms with Crippen LogP contribution in [0.3, 0.4) is 0 Å². The number of azo groups is 1. The van der Waals surface area contributed by atoms with Crippen molar-refractivity contribution in [1.29, 1.82) is 0 Å². The SMILES string of the molecule is COc1ccc(OCC(=O)N=Nc2c(O)n(CC(C)C)c3ccc(OC)cc23)cc1. The Morgan fingerprint density at radius 1 is 1.03 bits per heavy atom. The Balaban J connectivity index is 1.81. The van der Waals surface area contributed by atoms with E-state index >= 15 is 0 Å². The molecule has 3 rings (SSSR count). The van der Waals surface area contributed by atoms with Crippen molar-refractivity contribution in [2.45, 2.75) is 20.4 Å². The Hall–Kier alpha value is -3.55. The number of carbonyl (C=O) groups excluding carboxylic acids is 1.